The molecule has 0 atom stereocenters. The molecule has 228 valence electrons. The van der Waals surface area contributed by atoms with Crippen molar-refractivity contribution >= 4 is 58.1 Å². The lowest BCUT2D eigenvalue weighted by molar-refractivity contribution is -0.122. The van der Waals surface area contributed by atoms with E-state index in [2.05, 4.69) is 10.3 Å². The second-order valence-corrected chi connectivity index (χ2v) is 10.2. The molecule has 12 heteroatoms. The van der Waals surface area contributed by atoms with E-state index >= 15 is 0 Å². The summed E-state index contributed by atoms with van der Waals surface area (Å²) in [5.74, 6) is -0.794. The van der Waals surface area contributed by atoms with Gasteiger partial charge in [0.15, 0.2) is 23.3 Å². The molecule has 0 aromatic heterocycles. The van der Waals surface area contributed by atoms with Crippen molar-refractivity contribution in [3.63, 3.8) is 0 Å². The van der Waals surface area contributed by atoms with Crippen LogP contribution in [0, 0.1) is 0 Å². The van der Waals surface area contributed by atoms with Gasteiger partial charge in [0.1, 0.15) is 0 Å². The summed E-state index contributed by atoms with van der Waals surface area (Å²) in [5.41, 5.74) is 2.44. The van der Waals surface area contributed by atoms with Crippen LogP contribution in [-0.4, -0.2) is 67.8 Å². The van der Waals surface area contributed by atoms with Gasteiger partial charge in [0.05, 0.1) is 42.5 Å². The molecule has 1 fully saturated rings. The van der Waals surface area contributed by atoms with Crippen molar-refractivity contribution in [3.8, 4) is 11.5 Å². The Morgan fingerprint density at radius 1 is 0.932 bits per heavy atom. The van der Waals surface area contributed by atoms with E-state index < -0.39 is 17.8 Å². The van der Waals surface area contributed by atoms with Crippen LogP contribution < -0.4 is 14.8 Å². The summed E-state index contributed by atoms with van der Waals surface area (Å²) < 4.78 is 20.9. The average Bonchev–Trinajstić information content (AvgIpc) is 3.32. The van der Waals surface area contributed by atoms with Crippen molar-refractivity contribution in [2.24, 2.45) is 4.99 Å². The molecule has 0 spiro atoms. The molecule has 1 saturated heterocycles. The molecule has 3 aromatic carbocycles. The third-order valence-electron chi connectivity index (χ3n) is 6.22. The number of amides is 2. The van der Waals surface area contributed by atoms with E-state index in [1.54, 1.807) is 84.6 Å². The molecule has 0 radical (unpaired) electrons. The Morgan fingerprint density at radius 2 is 1.70 bits per heavy atom. The summed E-state index contributed by atoms with van der Waals surface area (Å²) in [7, 11) is 2.79. The van der Waals surface area contributed by atoms with Crippen LogP contribution in [0.1, 0.15) is 40.1 Å². The van der Waals surface area contributed by atoms with Crippen LogP contribution in [-0.2, 0) is 19.1 Å². The van der Waals surface area contributed by atoms with Crippen molar-refractivity contribution in [3.05, 3.63) is 88.3 Å². The number of anilines is 1. The van der Waals surface area contributed by atoms with E-state index in [1.165, 1.54) is 26.0 Å². The van der Waals surface area contributed by atoms with Gasteiger partial charge in [-0.3, -0.25) is 14.5 Å². The van der Waals surface area contributed by atoms with Gasteiger partial charge in [-0.15, -0.1) is 0 Å². The van der Waals surface area contributed by atoms with E-state index in [-0.39, 0.29) is 19.1 Å². The normalized spacial score (nSPS) is 14.5. The number of benzene rings is 3. The predicted octanol–water partition coefficient (Wildman–Crippen LogP) is 5.30. The first-order chi connectivity index (χ1) is 21.3. The quantitative estimate of drug-likeness (QED) is 0.225. The molecule has 11 nitrogen and oxygen atoms in total. The Kier molecular flexibility index (Phi) is 10.8. The highest BCUT2D eigenvalue weighted by Gasteiger charge is 2.32. The summed E-state index contributed by atoms with van der Waals surface area (Å²) in [4.78, 5) is 55.9. The van der Waals surface area contributed by atoms with E-state index in [1.807, 2.05) is 6.92 Å². The molecule has 1 aliphatic rings. The SMILES string of the molecule is CCOC(=O)c1ccc(NC(=O)COc2ccc(C=C3SC(=Nc4cccc(C(=O)OC)c4)N(CC)C3=O)cc2OC)cc1. The highest BCUT2D eigenvalue weighted by Crippen LogP contribution is 2.36. The molecule has 0 saturated carbocycles. The number of nitrogens with one attached hydrogen (secondary N) is 1. The highest BCUT2D eigenvalue weighted by atomic mass is 32.2. The van der Waals surface area contributed by atoms with Crippen LogP contribution in [0.25, 0.3) is 6.08 Å². The molecule has 1 N–H and O–H groups in total. The number of methoxy groups -OCH3 is 2. The van der Waals surface area contributed by atoms with Crippen LogP contribution >= 0.6 is 11.8 Å². The number of thioether (sulfide) groups is 1. The first-order valence-corrected chi connectivity index (χ1v) is 14.4. The second kappa shape index (κ2) is 14.9. The minimum Gasteiger partial charge on any atom is -0.493 e. The molecule has 1 aliphatic heterocycles. The molecule has 44 heavy (non-hydrogen) atoms. The average molecular weight is 618 g/mol. The lowest BCUT2D eigenvalue weighted by atomic mass is 10.2. The van der Waals surface area contributed by atoms with Gasteiger partial charge in [-0.25, -0.2) is 14.6 Å². The van der Waals surface area contributed by atoms with Gasteiger partial charge in [0.25, 0.3) is 11.8 Å². The molecular weight excluding hydrogens is 586 g/mol. The fourth-order valence-electron chi connectivity index (χ4n) is 4.09. The van der Waals surface area contributed by atoms with Crippen molar-refractivity contribution in [2.45, 2.75) is 13.8 Å². The van der Waals surface area contributed by atoms with Gasteiger partial charge < -0.3 is 24.3 Å². The maximum atomic E-state index is 13.2. The Morgan fingerprint density at radius 3 is 2.39 bits per heavy atom. The molecule has 0 aliphatic carbocycles. The number of carbonyl (C=O) groups is 4. The fraction of sp³-hybridized carbons (Fsp3) is 0.219. The van der Waals surface area contributed by atoms with Gasteiger partial charge in [0, 0.05) is 12.2 Å². The van der Waals surface area contributed by atoms with E-state index in [0.717, 1.165) is 0 Å². The second-order valence-electron chi connectivity index (χ2n) is 9.14. The maximum Gasteiger partial charge on any atom is 0.338 e. The summed E-state index contributed by atoms with van der Waals surface area (Å²) in [6.45, 7) is 3.98. The number of likely N-dealkylation sites (N-methyl/N-ethyl adjacent to an activating group) is 1. The zero-order valence-electron chi connectivity index (χ0n) is 24.6. The standard InChI is InChI=1S/C32H31N3O8S/c1-5-35-29(37)27(44-32(35)34-24-9-7-8-22(18-24)30(38)41-4)17-20-10-15-25(26(16-20)40-3)43-19-28(36)33-23-13-11-21(12-14-23)31(39)42-6-2/h7-18H,5-6,19H2,1-4H3,(H,33,36). The summed E-state index contributed by atoms with van der Waals surface area (Å²) in [6, 6.07) is 18.1. The fourth-order valence-corrected chi connectivity index (χ4v) is 5.15. The van der Waals surface area contributed by atoms with Gasteiger partial charge in [-0.2, -0.15) is 0 Å². The summed E-state index contributed by atoms with van der Waals surface area (Å²) in [6.07, 6.45) is 1.72. The van der Waals surface area contributed by atoms with Crippen LogP contribution in [0.2, 0.25) is 0 Å². The number of ether oxygens (including phenoxy) is 4. The van der Waals surface area contributed by atoms with Gasteiger partial charge in [-0.1, -0.05) is 12.1 Å². The highest BCUT2D eigenvalue weighted by molar-refractivity contribution is 8.18. The monoisotopic (exact) mass is 617 g/mol. The molecule has 4 rings (SSSR count). The lowest BCUT2D eigenvalue weighted by Gasteiger charge is -2.12. The van der Waals surface area contributed by atoms with Gasteiger partial charge >= 0.3 is 11.9 Å². The zero-order chi connectivity index (χ0) is 31.6. The molecule has 0 bridgehead atoms. The van der Waals surface area contributed by atoms with Crippen molar-refractivity contribution in [1.29, 1.82) is 0 Å². The van der Waals surface area contributed by atoms with Gasteiger partial charge in [-0.05, 0) is 91.8 Å². The van der Waals surface area contributed by atoms with Gasteiger partial charge in [0.2, 0.25) is 0 Å². The Labute approximate surface area is 258 Å². The zero-order valence-corrected chi connectivity index (χ0v) is 25.4. The van der Waals surface area contributed by atoms with Crippen molar-refractivity contribution in [2.75, 3.05) is 39.3 Å². The van der Waals surface area contributed by atoms with E-state index in [9.17, 15) is 19.2 Å². The third kappa shape index (κ3) is 7.84. The third-order valence-corrected chi connectivity index (χ3v) is 7.23. The number of carbonyl (C=O) groups excluding carboxylic acids is 4. The maximum absolute atomic E-state index is 13.2. The molecule has 3 aromatic rings. The number of amidine groups is 1. The smallest absolute Gasteiger partial charge is 0.338 e. The lowest BCUT2D eigenvalue weighted by Crippen LogP contribution is -2.28. The molecule has 2 amide bonds. The van der Waals surface area contributed by atoms with Crippen LogP contribution in [0.5, 0.6) is 11.5 Å². The Balaban J connectivity index is 1.43. The number of rotatable bonds is 11. The summed E-state index contributed by atoms with van der Waals surface area (Å²) in [5, 5.41) is 3.19. The molecule has 1 heterocycles. The largest absolute Gasteiger partial charge is 0.493 e. The van der Waals surface area contributed by atoms with Crippen LogP contribution in [0.4, 0.5) is 11.4 Å². The first-order valence-electron chi connectivity index (χ1n) is 13.6. The van der Waals surface area contributed by atoms with E-state index in [4.69, 9.17) is 18.9 Å². The number of nitrogens with zero attached hydrogens (tertiary/aromatic N) is 2. The first kappa shape index (κ1) is 31.8. The van der Waals surface area contributed by atoms with Crippen molar-refractivity contribution in [1.82, 2.24) is 4.90 Å². The number of hydrogen-bond acceptors (Lipinski definition) is 10. The van der Waals surface area contributed by atoms with Crippen LogP contribution in [0.15, 0.2) is 76.6 Å². The molecule has 0 unspecified atom stereocenters. The Bertz CT molecular complexity index is 1620. The van der Waals surface area contributed by atoms with E-state index in [0.29, 0.717) is 56.2 Å². The topological polar surface area (TPSA) is 133 Å². The minimum absolute atomic E-state index is 0.202. The van der Waals surface area contributed by atoms with Crippen molar-refractivity contribution < 1.29 is 38.1 Å². The van der Waals surface area contributed by atoms with Crippen LogP contribution in [0.3, 0.4) is 0 Å². The number of esters is 2. The predicted molar refractivity (Wildman–Crippen MR) is 167 cm³/mol. The summed E-state index contributed by atoms with van der Waals surface area (Å²) >= 11 is 1.22. The number of aliphatic imine (C=N–C) groups is 1. The minimum atomic E-state index is -0.473. The Hall–Kier alpha value is -5.10. The number of hydrogen-bond donors (Lipinski definition) is 1. The molecular formula is C32H31N3O8S.